The normalized spacial score (nSPS) is 15.5. The molecule has 0 radical (unpaired) electrons. The van der Waals surface area contributed by atoms with E-state index in [0.717, 1.165) is 5.56 Å². The van der Waals surface area contributed by atoms with Crippen molar-refractivity contribution in [2.75, 3.05) is 18.9 Å². The average molecular weight is 423 g/mol. The summed E-state index contributed by atoms with van der Waals surface area (Å²) in [4.78, 5) is 32.4. The minimum Gasteiger partial charge on any atom is -0.372 e. The van der Waals surface area contributed by atoms with Crippen molar-refractivity contribution in [1.29, 1.82) is 0 Å². The lowest BCUT2D eigenvalue weighted by Gasteiger charge is -2.14. The van der Waals surface area contributed by atoms with Gasteiger partial charge in [0.25, 0.3) is 11.5 Å². The summed E-state index contributed by atoms with van der Waals surface area (Å²) in [5, 5.41) is 2.95. The Hall–Kier alpha value is -2.97. The van der Waals surface area contributed by atoms with Crippen LogP contribution in [0.5, 0.6) is 0 Å². The van der Waals surface area contributed by atoms with Crippen molar-refractivity contribution in [2.24, 2.45) is 0 Å². The van der Waals surface area contributed by atoms with E-state index in [1.54, 1.807) is 36.4 Å². The molecule has 0 atom stereocenters. The van der Waals surface area contributed by atoms with Gasteiger partial charge in [0.2, 0.25) is 0 Å². The highest BCUT2D eigenvalue weighted by Gasteiger charge is 2.32. The molecule has 4 rings (SSSR count). The van der Waals surface area contributed by atoms with Gasteiger partial charge in [0, 0.05) is 19.8 Å². The van der Waals surface area contributed by atoms with Crippen LogP contribution in [0.2, 0.25) is 0 Å². The number of thiocarbonyl (C=S) groups is 1. The number of thioether (sulfide) groups is 1. The molecule has 1 aromatic carbocycles. The largest absolute Gasteiger partial charge is 0.372 e. The molecule has 8 heteroatoms. The number of rotatable bonds is 5. The molecule has 1 aliphatic rings. The molecule has 0 unspecified atom stereocenters. The van der Waals surface area contributed by atoms with Gasteiger partial charge in [-0.3, -0.25) is 18.9 Å². The molecule has 1 aliphatic heterocycles. The van der Waals surface area contributed by atoms with Gasteiger partial charge in [-0.25, -0.2) is 4.98 Å². The Kier molecular flexibility index (Phi) is 5.46. The first kappa shape index (κ1) is 19.4. The van der Waals surface area contributed by atoms with Crippen molar-refractivity contribution >= 4 is 51.7 Å². The zero-order valence-corrected chi connectivity index (χ0v) is 17.3. The van der Waals surface area contributed by atoms with Crippen LogP contribution in [-0.2, 0) is 11.2 Å². The summed E-state index contributed by atoms with van der Waals surface area (Å²) in [6.45, 7) is 0.500. The van der Waals surface area contributed by atoms with E-state index in [-0.39, 0.29) is 11.5 Å². The van der Waals surface area contributed by atoms with Crippen molar-refractivity contribution in [1.82, 2.24) is 14.3 Å². The van der Waals surface area contributed by atoms with E-state index in [9.17, 15) is 9.59 Å². The highest BCUT2D eigenvalue weighted by Crippen LogP contribution is 2.33. The number of anilines is 1. The summed E-state index contributed by atoms with van der Waals surface area (Å²) in [5.41, 5.74) is 1.77. The topological polar surface area (TPSA) is 66.7 Å². The van der Waals surface area contributed by atoms with Crippen molar-refractivity contribution in [3.8, 4) is 0 Å². The Bertz CT molecular complexity index is 1190. The third kappa shape index (κ3) is 3.81. The molecule has 2 aromatic heterocycles. The summed E-state index contributed by atoms with van der Waals surface area (Å²) in [6, 6.07) is 15.3. The second kappa shape index (κ2) is 8.18. The first-order valence-electron chi connectivity index (χ1n) is 9.07. The van der Waals surface area contributed by atoms with Crippen molar-refractivity contribution < 1.29 is 4.79 Å². The molecule has 146 valence electrons. The Balaban J connectivity index is 1.65. The van der Waals surface area contributed by atoms with Crippen LogP contribution >= 0.6 is 24.0 Å². The zero-order valence-electron chi connectivity index (χ0n) is 15.7. The van der Waals surface area contributed by atoms with Gasteiger partial charge >= 0.3 is 0 Å². The highest BCUT2D eigenvalue weighted by atomic mass is 32.2. The van der Waals surface area contributed by atoms with Crippen LogP contribution in [0, 0.1) is 0 Å². The Morgan fingerprint density at radius 1 is 1.14 bits per heavy atom. The lowest BCUT2D eigenvalue weighted by molar-refractivity contribution is -0.122. The minimum absolute atomic E-state index is 0.185. The first-order valence-corrected chi connectivity index (χ1v) is 10.3. The molecule has 3 heterocycles. The zero-order chi connectivity index (χ0) is 20.4. The van der Waals surface area contributed by atoms with E-state index in [4.69, 9.17) is 12.2 Å². The second-order valence-electron chi connectivity index (χ2n) is 6.43. The summed E-state index contributed by atoms with van der Waals surface area (Å²) in [7, 11) is 1.70. The van der Waals surface area contributed by atoms with E-state index in [1.807, 2.05) is 36.4 Å². The van der Waals surface area contributed by atoms with Gasteiger partial charge in [-0.15, -0.1) is 0 Å². The molecule has 1 N–H and O–H groups in total. The van der Waals surface area contributed by atoms with E-state index in [2.05, 4.69) is 10.3 Å². The van der Waals surface area contributed by atoms with Crippen molar-refractivity contribution in [3.63, 3.8) is 0 Å². The number of nitrogens with zero attached hydrogens (tertiary/aromatic N) is 3. The van der Waals surface area contributed by atoms with Crippen LogP contribution < -0.4 is 10.9 Å². The van der Waals surface area contributed by atoms with Crippen LogP contribution in [0.1, 0.15) is 11.1 Å². The molecule has 0 aliphatic carbocycles. The molecule has 3 aromatic rings. The maximum atomic E-state index is 12.9. The number of pyridine rings is 1. The molecule has 1 fully saturated rings. The Morgan fingerprint density at radius 2 is 1.90 bits per heavy atom. The van der Waals surface area contributed by atoms with Gasteiger partial charge in [-0.1, -0.05) is 60.4 Å². The summed E-state index contributed by atoms with van der Waals surface area (Å²) in [5.74, 6) is 0.242. The molecule has 0 saturated carbocycles. The van der Waals surface area contributed by atoms with Crippen molar-refractivity contribution in [3.05, 3.63) is 81.1 Å². The van der Waals surface area contributed by atoms with E-state index < -0.39 is 0 Å². The number of carbonyl (C=O) groups is 1. The molecular formula is C21H18N4O2S2. The SMILES string of the molecule is CNc1nc2ccccn2c(=O)c1/C=C1\SC(=S)N(CCc2ccccc2)C1=O. The van der Waals surface area contributed by atoms with Crippen LogP contribution in [0.3, 0.4) is 0 Å². The summed E-state index contributed by atoms with van der Waals surface area (Å²) < 4.78 is 1.96. The van der Waals surface area contributed by atoms with Crippen LogP contribution in [0.15, 0.2) is 64.4 Å². The van der Waals surface area contributed by atoms with E-state index in [0.29, 0.717) is 39.2 Å². The summed E-state index contributed by atoms with van der Waals surface area (Å²) >= 11 is 6.62. The average Bonchev–Trinajstić information content (AvgIpc) is 3.01. The minimum atomic E-state index is -0.241. The lowest BCUT2D eigenvalue weighted by atomic mass is 10.1. The number of fused-ring (bicyclic) bond motifs is 1. The smallest absolute Gasteiger partial charge is 0.267 e. The van der Waals surface area contributed by atoms with Gasteiger partial charge in [-0.05, 0) is 30.2 Å². The third-order valence-corrected chi connectivity index (χ3v) is 6.00. The Labute approximate surface area is 177 Å². The quantitative estimate of drug-likeness (QED) is 0.503. The highest BCUT2D eigenvalue weighted by molar-refractivity contribution is 8.26. The molecule has 0 bridgehead atoms. The predicted octanol–water partition coefficient (Wildman–Crippen LogP) is 3.18. The fourth-order valence-electron chi connectivity index (χ4n) is 3.13. The number of nitrogens with one attached hydrogen (secondary N) is 1. The third-order valence-electron chi connectivity index (χ3n) is 4.62. The van der Waals surface area contributed by atoms with Crippen LogP contribution in [-0.4, -0.2) is 38.1 Å². The fourth-order valence-corrected chi connectivity index (χ4v) is 4.42. The number of amides is 1. The summed E-state index contributed by atoms with van der Waals surface area (Å²) in [6.07, 6.45) is 3.96. The molecule has 29 heavy (non-hydrogen) atoms. The number of hydrogen-bond acceptors (Lipinski definition) is 6. The molecule has 0 spiro atoms. The van der Waals surface area contributed by atoms with Gasteiger partial charge < -0.3 is 5.32 Å². The molecule has 6 nitrogen and oxygen atoms in total. The van der Waals surface area contributed by atoms with Gasteiger partial charge in [-0.2, -0.15) is 0 Å². The number of hydrogen-bond donors (Lipinski definition) is 1. The van der Waals surface area contributed by atoms with Crippen molar-refractivity contribution in [2.45, 2.75) is 6.42 Å². The number of benzene rings is 1. The first-order chi connectivity index (χ1) is 14.1. The second-order valence-corrected chi connectivity index (χ2v) is 8.10. The number of carbonyl (C=O) groups excluding carboxylic acids is 1. The van der Waals surface area contributed by atoms with Gasteiger partial charge in [0.05, 0.1) is 10.5 Å². The maximum Gasteiger partial charge on any atom is 0.267 e. The van der Waals surface area contributed by atoms with E-state index in [1.165, 1.54) is 16.2 Å². The monoisotopic (exact) mass is 422 g/mol. The molecular weight excluding hydrogens is 404 g/mol. The van der Waals surface area contributed by atoms with Crippen LogP contribution in [0.25, 0.3) is 11.7 Å². The number of aromatic nitrogens is 2. The Morgan fingerprint density at radius 3 is 2.66 bits per heavy atom. The predicted molar refractivity (Wildman–Crippen MR) is 121 cm³/mol. The molecule has 1 saturated heterocycles. The van der Waals surface area contributed by atoms with Gasteiger partial charge in [0.15, 0.2) is 0 Å². The lowest BCUT2D eigenvalue weighted by Crippen LogP contribution is -2.30. The fraction of sp³-hybridized carbons (Fsp3) is 0.143. The van der Waals surface area contributed by atoms with E-state index >= 15 is 0 Å². The molecule has 1 amide bonds. The van der Waals surface area contributed by atoms with Crippen LogP contribution in [0.4, 0.5) is 5.82 Å². The maximum absolute atomic E-state index is 12.9. The standard InChI is InChI=1S/C21H18N4O2S2/c1-22-18-15(19(26)24-11-6-5-9-17(24)23-18)13-16-20(27)25(21(28)29-16)12-10-14-7-3-2-4-8-14/h2-9,11,13,22H,10,12H2,1H3/b16-13-. The van der Waals surface area contributed by atoms with Gasteiger partial charge in [0.1, 0.15) is 15.8 Å².